The first-order chi connectivity index (χ1) is 11.1. The number of hydrogen-bond acceptors (Lipinski definition) is 3. The summed E-state index contributed by atoms with van der Waals surface area (Å²) in [5.41, 5.74) is 3.13. The van der Waals surface area contributed by atoms with Crippen LogP contribution in [0.5, 0.6) is 0 Å². The van der Waals surface area contributed by atoms with Gasteiger partial charge in [-0.3, -0.25) is 4.79 Å². The first kappa shape index (κ1) is 18.2. The molecule has 5 heteroatoms. The van der Waals surface area contributed by atoms with Crippen molar-refractivity contribution in [1.29, 1.82) is 0 Å². The molecule has 2 nitrogen and oxygen atoms in total. The van der Waals surface area contributed by atoms with Crippen LogP contribution in [0.2, 0.25) is 5.02 Å². The van der Waals surface area contributed by atoms with Gasteiger partial charge in [0.05, 0.1) is 10.6 Å². The molecule has 0 saturated heterocycles. The number of halogens is 1. The van der Waals surface area contributed by atoms with Crippen LogP contribution in [0, 0.1) is 6.92 Å². The summed E-state index contributed by atoms with van der Waals surface area (Å²) >= 11 is 9.51. The van der Waals surface area contributed by atoms with Crippen LogP contribution in [0.1, 0.15) is 21.5 Å². The number of benzene rings is 2. The summed E-state index contributed by atoms with van der Waals surface area (Å²) in [4.78, 5) is 13.2. The van der Waals surface area contributed by atoms with E-state index < -0.39 is 0 Å². The van der Waals surface area contributed by atoms with E-state index >= 15 is 0 Å². The molecule has 2 aromatic rings. The van der Waals surface area contributed by atoms with E-state index in [-0.39, 0.29) is 5.91 Å². The van der Waals surface area contributed by atoms with Gasteiger partial charge in [-0.1, -0.05) is 41.4 Å². The van der Waals surface area contributed by atoms with Gasteiger partial charge in [0.15, 0.2) is 0 Å². The number of nitrogens with one attached hydrogen (secondary N) is 1. The zero-order valence-corrected chi connectivity index (χ0v) is 15.7. The highest BCUT2D eigenvalue weighted by Gasteiger charge is 2.10. The highest BCUT2D eigenvalue weighted by atomic mass is 35.5. The first-order valence-corrected chi connectivity index (χ1v) is 10.1. The highest BCUT2D eigenvalue weighted by Crippen LogP contribution is 2.23. The van der Waals surface area contributed by atoms with Crippen LogP contribution in [0.15, 0.2) is 47.4 Å². The Morgan fingerprint density at radius 2 is 1.91 bits per heavy atom. The molecule has 0 saturated carbocycles. The largest absolute Gasteiger partial charge is 0.351 e. The summed E-state index contributed by atoms with van der Waals surface area (Å²) in [7, 11) is 0. The molecule has 1 N–H and O–H groups in total. The monoisotopic (exact) mass is 365 g/mol. The minimum absolute atomic E-state index is 0.109. The number of aryl methyl sites for hydroxylation is 1. The molecule has 0 unspecified atom stereocenters. The Bertz CT molecular complexity index is 659. The molecule has 0 heterocycles. The smallest absolute Gasteiger partial charge is 0.252 e. The van der Waals surface area contributed by atoms with Crippen molar-refractivity contribution in [2.75, 3.05) is 18.6 Å². The van der Waals surface area contributed by atoms with Gasteiger partial charge in [0.25, 0.3) is 5.91 Å². The Balaban J connectivity index is 1.75. The predicted molar refractivity (Wildman–Crippen MR) is 103 cm³/mol. The van der Waals surface area contributed by atoms with Crippen LogP contribution in [-0.4, -0.2) is 24.5 Å². The van der Waals surface area contributed by atoms with Gasteiger partial charge in [-0.15, -0.1) is 11.8 Å². The maximum Gasteiger partial charge on any atom is 0.252 e. The lowest BCUT2D eigenvalue weighted by Gasteiger charge is -2.08. The Labute approximate surface area is 151 Å². The molecular formula is C18H20ClNOS2. The first-order valence-electron chi connectivity index (χ1n) is 7.35. The van der Waals surface area contributed by atoms with Gasteiger partial charge in [-0.05, 0) is 36.9 Å². The minimum Gasteiger partial charge on any atom is -0.351 e. The number of carbonyl (C=O) groups excluding carboxylic acids is 1. The average Bonchev–Trinajstić information content (AvgIpc) is 2.56. The van der Waals surface area contributed by atoms with Crippen molar-refractivity contribution in [3.8, 4) is 0 Å². The van der Waals surface area contributed by atoms with Crippen LogP contribution in [0.3, 0.4) is 0 Å². The molecule has 1 amide bonds. The summed E-state index contributed by atoms with van der Waals surface area (Å²) in [5, 5.41) is 3.43. The fourth-order valence-corrected chi connectivity index (χ4v) is 3.47. The summed E-state index contributed by atoms with van der Waals surface area (Å²) in [6.45, 7) is 2.72. The van der Waals surface area contributed by atoms with Crippen LogP contribution in [0.25, 0.3) is 0 Å². The van der Waals surface area contributed by atoms with Gasteiger partial charge >= 0.3 is 0 Å². The Morgan fingerprint density at radius 3 is 2.61 bits per heavy atom. The van der Waals surface area contributed by atoms with E-state index in [9.17, 15) is 4.79 Å². The fraction of sp³-hybridized carbons (Fsp3) is 0.278. The van der Waals surface area contributed by atoms with Crippen LogP contribution >= 0.6 is 35.1 Å². The topological polar surface area (TPSA) is 29.1 Å². The van der Waals surface area contributed by atoms with E-state index in [1.54, 1.807) is 17.8 Å². The van der Waals surface area contributed by atoms with E-state index in [4.69, 9.17) is 11.6 Å². The van der Waals surface area contributed by atoms with E-state index in [0.717, 1.165) is 16.4 Å². The lowest BCUT2D eigenvalue weighted by Crippen LogP contribution is -2.26. The lowest BCUT2D eigenvalue weighted by atomic mass is 10.2. The van der Waals surface area contributed by atoms with Crippen molar-refractivity contribution >= 4 is 41.0 Å². The molecule has 0 aromatic heterocycles. The molecule has 0 aliphatic rings. The molecule has 0 aliphatic heterocycles. The summed E-state index contributed by atoms with van der Waals surface area (Å²) < 4.78 is 0. The zero-order chi connectivity index (χ0) is 16.7. The van der Waals surface area contributed by atoms with Crippen molar-refractivity contribution in [1.82, 2.24) is 5.32 Å². The summed E-state index contributed by atoms with van der Waals surface area (Å²) in [6, 6.07) is 14.1. The molecule has 0 fully saturated rings. The fourth-order valence-electron chi connectivity index (χ4n) is 2.01. The Morgan fingerprint density at radius 1 is 1.17 bits per heavy atom. The SMILES string of the molecule is CSc1ccc(Cl)c(C(=O)NCCSCc2ccc(C)cc2)c1. The number of rotatable bonds is 7. The molecule has 0 atom stereocenters. The standard InChI is InChI=1S/C18H20ClNOS2/c1-13-3-5-14(6-4-13)12-23-10-9-20-18(21)16-11-15(22-2)7-8-17(16)19/h3-8,11H,9-10,12H2,1-2H3,(H,20,21). The van der Waals surface area contributed by atoms with Gasteiger partial charge < -0.3 is 5.32 Å². The average molecular weight is 366 g/mol. The molecular weight excluding hydrogens is 346 g/mol. The van der Waals surface area contributed by atoms with Crippen molar-refractivity contribution in [3.05, 3.63) is 64.2 Å². The molecule has 0 radical (unpaired) electrons. The normalized spacial score (nSPS) is 10.6. The lowest BCUT2D eigenvalue weighted by molar-refractivity contribution is 0.0956. The van der Waals surface area contributed by atoms with Gasteiger partial charge in [-0.25, -0.2) is 0 Å². The van der Waals surface area contributed by atoms with Crippen molar-refractivity contribution in [3.63, 3.8) is 0 Å². The van der Waals surface area contributed by atoms with Crippen LogP contribution < -0.4 is 5.32 Å². The minimum atomic E-state index is -0.109. The second-order valence-corrected chi connectivity index (χ2v) is 7.53. The van der Waals surface area contributed by atoms with E-state index in [1.807, 2.05) is 30.2 Å². The highest BCUT2D eigenvalue weighted by molar-refractivity contribution is 7.98. The van der Waals surface area contributed by atoms with Crippen molar-refractivity contribution in [2.45, 2.75) is 17.6 Å². The molecule has 2 rings (SSSR count). The van der Waals surface area contributed by atoms with Gasteiger partial charge in [0.2, 0.25) is 0 Å². The summed E-state index contributed by atoms with van der Waals surface area (Å²) in [5.74, 6) is 1.72. The Kier molecular flexibility index (Phi) is 7.34. The van der Waals surface area contributed by atoms with Gasteiger partial charge in [0.1, 0.15) is 0 Å². The molecule has 0 bridgehead atoms. The third-order valence-electron chi connectivity index (χ3n) is 3.34. The number of thioether (sulfide) groups is 2. The number of amides is 1. The second-order valence-electron chi connectivity index (χ2n) is 5.14. The number of carbonyl (C=O) groups is 1. The second kappa shape index (κ2) is 9.26. The maximum absolute atomic E-state index is 12.2. The van der Waals surface area contributed by atoms with E-state index in [2.05, 4.69) is 36.5 Å². The Hall–Kier alpha value is -1.10. The molecule has 2 aromatic carbocycles. The van der Waals surface area contributed by atoms with Crippen LogP contribution in [-0.2, 0) is 5.75 Å². The molecule has 122 valence electrons. The van der Waals surface area contributed by atoms with E-state index in [1.165, 1.54) is 11.1 Å². The van der Waals surface area contributed by atoms with Crippen molar-refractivity contribution in [2.24, 2.45) is 0 Å². The van der Waals surface area contributed by atoms with Gasteiger partial charge in [0, 0.05) is 22.9 Å². The van der Waals surface area contributed by atoms with Crippen LogP contribution in [0.4, 0.5) is 0 Å². The quantitative estimate of drug-likeness (QED) is 0.551. The molecule has 0 aliphatic carbocycles. The van der Waals surface area contributed by atoms with E-state index in [0.29, 0.717) is 17.1 Å². The maximum atomic E-state index is 12.2. The van der Waals surface area contributed by atoms with Gasteiger partial charge in [-0.2, -0.15) is 11.8 Å². The molecule has 23 heavy (non-hydrogen) atoms. The number of hydrogen-bond donors (Lipinski definition) is 1. The third kappa shape index (κ3) is 5.79. The zero-order valence-electron chi connectivity index (χ0n) is 13.3. The third-order valence-corrected chi connectivity index (χ3v) is 5.42. The predicted octanol–water partition coefficient (Wildman–Crippen LogP) is 5.03. The summed E-state index contributed by atoms with van der Waals surface area (Å²) in [6.07, 6.45) is 1.98. The molecule has 0 spiro atoms. The van der Waals surface area contributed by atoms with Crippen molar-refractivity contribution < 1.29 is 4.79 Å².